The van der Waals surface area contributed by atoms with Crippen molar-refractivity contribution in [2.75, 3.05) is 11.1 Å². The molecule has 0 unspecified atom stereocenters. The lowest BCUT2D eigenvalue weighted by atomic mass is 10.2. The number of thioether (sulfide) groups is 1. The van der Waals surface area contributed by atoms with E-state index in [9.17, 15) is 14.9 Å². The lowest BCUT2D eigenvalue weighted by Crippen LogP contribution is -2.15. The minimum atomic E-state index is -0.588. The summed E-state index contributed by atoms with van der Waals surface area (Å²) in [6.07, 6.45) is 2.12. The summed E-state index contributed by atoms with van der Waals surface area (Å²) in [5.74, 6) is 0.568. The minimum Gasteiger partial charge on any atom is -0.325 e. The van der Waals surface area contributed by atoms with Gasteiger partial charge in [0.05, 0.1) is 10.7 Å². The second-order valence-electron chi connectivity index (χ2n) is 7.08. The first kappa shape index (κ1) is 23.2. The van der Waals surface area contributed by atoms with Crippen LogP contribution in [-0.4, -0.2) is 31.3 Å². The monoisotopic (exact) mass is 479 g/mol. The maximum Gasteiger partial charge on any atom is 0.289 e. The average Bonchev–Trinajstić information content (AvgIpc) is 3.34. The average molecular weight is 480 g/mol. The lowest BCUT2D eigenvalue weighted by molar-refractivity contribution is -0.384. The third-order valence-electron chi connectivity index (χ3n) is 4.35. The Hall–Kier alpha value is -2.43. The largest absolute Gasteiger partial charge is 0.325 e. The molecule has 31 heavy (non-hydrogen) atoms. The zero-order valence-corrected chi connectivity index (χ0v) is 19.7. The number of halogens is 1. The fourth-order valence-corrected chi connectivity index (χ4v) is 4.99. The molecule has 2 aromatic heterocycles. The van der Waals surface area contributed by atoms with E-state index < -0.39 is 4.92 Å². The predicted molar refractivity (Wildman–Crippen MR) is 125 cm³/mol. The van der Waals surface area contributed by atoms with Crippen molar-refractivity contribution in [3.05, 3.63) is 49.7 Å². The molecular weight excluding hydrogens is 458 g/mol. The minimum absolute atomic E-state index is 0.0189. The Kier molecular flexibility index (Phi) is 7.69. The number of hydrogen-bond acceptors (Lipinski definition) is 7. The number of benzene rings is 1. The quantitative estimate of drug-likeness (QED) is 0.235. The Labute approximate surface area is 193 Å². The zero-order chi connectivity index (χ0) is 22.5. The topological polar surface area (TPSA) is 103 Å². The summed E-state index contributed by atoms with van der Waals surface area (Å²) in [5, 5.41) is 25.1. The number of nitrogens with one attached hydrogen (secondary N) is 1. The van der Waals surface area contributed by atoms with Gasteiger partial charge < -0.3 is 5.32 Å². The van der Waals surface area contributed by atoms with Gasteiger partial charge in [0.1, 0.15) is 5.02 Å². The van der Waals surface area contributed by atoms with Crippen molar-refractivity contribution in [2.24, 2.45) is 0 Å². The van der Waals surface area contributed by atoms with Crippen LogP contribution in [0.4, 0.5) is 11.4 Å². The molecule has 1 N–H and O–H groups in total. The van der Waals surface area contributed by atoms with Gasteiger partial charge in [-0.1, -0.05) is 36.7 Å². The van der Waals surface area contributed by atoms with E-state index in [1.165, 1.54) is 34.8 Å². The molecule has 0 saturated heterocycles. The summed E-state index contributed by atoms with van der Waals surface area (Å²) in [6.45, 7) is 6.24. The number of nitro groups is 1. The van der Waals surface area contributed by atoms with Gasteiger partial charge in [-0.3, -0.25) is 19.5 Å². The van der Waals surface area contributed by atoms with Gasteiger partial charge >= 0.3 is 0 Å². The molecule has 164 valence electrons. The van der Waals surface area contributed by atoms with Gasteiger partial charge in [0.15, 0.2) is 11.0 Å². The molecule has 1 amide bonds. The molecule has 0 aliphatic rings. The van der Waals surface area contributed by atoms with Crippen LogP contribution >= 0.6 is 34.7 Å². The number of anilines is 1. The normalized spacial score (nSPS) is 11.1. The molecule has 3 rings (SSSR count). The molecule has 11 heteroatoms. The number of nitro benzene ring substituents is 1. The highest BCUT2D eigenvalue weighted by molar-refractivity contribution is 7.99. The first-order valence-electron chi connectivity index (χ1n) is 9.69. The second-order valence-corrected chi connectivity index (χ2v) is 9.43. The number of rotatable bonds is 9. The summed E-state index contributed by atoms with van der Waals surface area (Å²) in [7, 11) is 0. The van der Waals surface area contributed by atoms with Gasteiger partial charge in [-0.25, -0.2) is 0 Å². The zero-order valence-electron chi connectivity index (χ0n) is 17.3. The SMILES string of the molecule is CCCc1cc(-c2nnc(SCC(=O)Nc3ccc(Cl)c([N+](=O)[O-])c3)n2C(C)C)cs1. The molecule has 2 heterocycles. The molecule has 0 fully saturated rings. The third kappa shape index (κ3) is 5.63. The van der Waals surface area contributed by atoms with E-state index in [1.807, 2.05) is 18.4 Å². The molecule has 3 aromatic rings. The highest BCUT2D eigenvalue weighted by Gasteiger charge is 2.19. The first-order chi connectivity index (χ1) is 14.8. The van der Waals surface area contributed by atoms with E-state index in [2.05, 4.69) is 33.9 Å². The molecule has 0 radical (unpaired) electrons. The van der Waals surface area contributed by atoms with Gasteiger partial charge in [-0.15, -0.1) is 21.5 Å². The molecule has 0 saturated carbocycles. The van der Waals surface area contributed by atoms with Crippen LogP contribution in [0.2, 0.25) is 5.02 Å². The van der Waals surface area contributed by atoms with Gasteiger partial charge in [-0.05, 0) is 38.5 Å². The van der Waals surface area contributed by atoms with Crippen molar-refractivity contribution in [1.29, 1.82) is 0 Å². The number of aryl methyl sites for hydroxylation is 1. The van der Waals surface area contributed by atoms with Crippen molar-refractivity contribution in [3.63, 3.8) is 0 Å². The van der Waals surface area contributed by atoms with Gasteiger partial charge in [-0.2, -0.15) is 0 Å². The number of nitrogens with zero attached hydrogens (tertiary/aromatic N) is 4. The van der Waals surface area contributed by atoms with E-state index >= 15 is 0 Å². The van der Waals surface area contributed by atoms with Crippen molar-refractivity contribution >= 4 is 52.0 Å². The fourth-order valence-electron chi connectivity index (χ4n) is 2.97. The van der Waals surface area contributed by atoms with Gasteiger partial charge in [0.2, 0.25) is 5.91 Å². The summed E-state index contributed by atoms with van der Waals surface area (Å²) < 4.78 is 2.02. The highest BCUT2D eigenvalue weighted by Crippen LogP contribution is 2.31. The fraction of sp³-hybridized carbons (Fsp3) is 0.350. The predicted octanol–water partition coefficient (Wildman–Crippen LogP) is 5.83. The third-order valence-corrected chi connectivity index (χ3v) is 6.61. The van der Waals surface area contributed by atoms with E-state index in [1.54, 1.807) is 11.3 Å². The van der Waals surface area contributed by atoms with Crippen LogP contribution in [0.1, 0.15) is 38.1 Å². The van der Waals surface area contributed by atoms with Crippen molar-refractivity contribution in [1.82, 2.24) is 14.8 Å². The Morgan fingerprint density at radius 1 is 1.35 bits per heavy atom. The number of carbonyl (C=O) groups excluding carboxylic acids is 1. The van der Waals surface area contributed by atoms with Crippen molar-refractivity contribution in [2.45, 2.75) is 44.8 Å². The lowest BCUT2D eigenvalue weighted by Gasteiger charge is -2.13. The van der Waals surface area contributed by atoms with Gasteiger partial charge in [0, 0.05) is 33.6 Å². The number of hydrogen-bond donors (Lipinski definition) is 1. The summed E-state index contributed by atoms with van der Waals surface area (Å²) in [4.78, 5) is 24.1. The van der Waals surface area contributed by atoms with Crippen LogP contribution in [0.25, 0.3) is 11.4 Å². The molecule has 0 aliphatic carbocycles. The Bertz CT molecular complexity index is 1100. The van der Waals surface area contributed by atoms with E-state index in [0.717, 1.165) is 24.2 Å². The van der Waals surface area contributed by atoms with Crippen molar-refractivity contribution in [3.8, 4) is 11.4 Å². The van der Waals surface area contributed by atoms with Crippen LogP contribution in [0.3, 0.4) is 0 Å². The van der Waals surface area contributed by atoms with E-state index in [-0.39, 0.29) is 28.4 Å². The summed E-state index contributed by atoms with van der Waals surface area (Å²) in [6, 6.07) is 6.41. The molecular formula is C20H22ClN5O3S2. The molecule has 1 aromatic carbocycles. The molecule has 0 spiro atoms. The van der Waals surface area contributed by atoms with Crippen LogP contribution in [0.15, 0.2) is 34.8 Å². The molecule has 0 atom stereocenters. The standard InChI is InChI=1S/C20H22ClN5O3S2/c1-4-5-15-8-13(10-30-15)19-23-24-20(25(19)12(2)3)31-11-18(27)22-14-6-7-16(21)17(9-14)26(28)29/h6-10,12H,4-5,11H2,1-3H3,(H,22,27). The van der Waals surface area contributed by atoms with Crippen LogP contribution in [-0.2, 0) is 11.2 Å². The number of carbonyl (C=O) groups is 1. The van der Waals surface area contributed by atoms with Gasteiger partial charge in [0.25, 0.3) is 5.69 Å². The molecule has 0 aliphatic heterocycles. The maximum atomic E-state index is 12.4. The Morgan fingerprint density at radius 2 is 2.13 bits per heavy atom. The first-order valence-corrected chi connectivity index (χ1v) is 11.9. The van der Waals surface area contributed by atoms with E-state index in [0.29, 0.717) is 10.8 Å². The van der Waals surface area contributed by atoms with Crippen LogP contribution in [0.5, 0.6) is 0 Å². The highest BCUT2D eigenvalue weighted by atomic mass is 35.5. The van der Waals surface area contributed by atoms with Crippen molar-refractivity contribution < 1.29 is 9.72 Å². The van der Waals surface area contributed by atoms with Crippen LogP contribution < -0.4 is 5.32 Å². The second kappa shape index (κ2) is 10.3. The molecule has 8 nitrogen and oxygen atoms in total. The van der Waals surface area contributed by atoms with Crippen LogP contribution in [0, 0.1) is 10.1 Å². The Balaban J connectivity index is 1.71. The molecule has 0 bridgehead atoms. The summed E-state index contributed by atoms with van der Waals surface area (Å²) in [5.41, 5.74) is 1.09. The smallest absolute Gasteiger partial charge is 0.289 e. The number of aromatic nitrogens is 3. The van der Waals surface area contributed by atoms with E-state index in [4.69, 9.17) is 11.6 Å². The maximum absolute atomic E-state index is 12.4. The number of amides is 1. The number of thiophene rings is 1. The summed E-state index contributed by atoms with van der Waals surface area (Å²) >= 11 is 8.79. The Morgan fingerprint density at radius 3 is 2.81 bits per heavy atom.